The van der Waals surface area contributed by atoms with E-state index in [1.807, 2.05) is 33.8 Å². The lowest BCUT2D eigenvalue weighted by Crippen LogP contribution is -2.41. The minimum atomic E-state index is -4.93. The molecule has 1 aliphatic rings. The van der Waals surface area contributed by atoms with Gasteiger partial charge in [0.2, 0.25) is 0 Å². The summed E-state index contributed by atoms with van der Waals surface area (Å²) in [7, 11) is -0.999. The molecular formula is C24H26BF4NO5. The largest absolute Gasteiger partial charge is 0.573 e. The van der Waals surface area contributed by atoms with Crippen molar-refractivity contribution in [2.45, 2.75) is 51.9 Å². The first-order valence-corrected chi connectivity index (χ1v) is 10.8. The van der Waals surface area contributed by atoms with Gasteiger partial charge in [-0.1, -0.05) is 36.4 Å². The van der Waals surface area contributed by atoms with Gasteiger partial charge in [-0.3, -0.25) is 0 Å². The summed E-state index contributed by atoms with van der Waals surface area (Å²) in [6, 6.07) is 11.7. The Balaban J connectivity index is 1.81. The number of carbonyl (C=O) groups excluding carboxylic acids is 1. The van der Waals surface area contributed by atoms with Crippen LogP contribution in [0.3, 0.4) is 0 Å². The van der Waals surface area contributed by atoms with Crippen LogP contribution < -0.4 is 10.1 Å². The van der Waals surface area contributed by atoms with Gasteiger partial charge in [0.25, 0.3) is 0 Å². The van der Waals surface area contributed by atoms with E-state index >= 15 is 0 Å². The van der Waals surface area contributed by atoms with Crippen LogP contribution in [0.4, 0.5) is 22.4 Å². The van der Waals surface area contributed by atoms with Crippen molar-refractivity contribution in [1.82, 2.24) is 5.32 Å². The highest BCUT2D eigenvalue weighted by atomic mass is 19.4. The number of ether oxygens (including phenoxy) is 2. The quantitative estimate of drug-likeness (QED) is 0.397. The van der Waals surface area contributed by atoms with Gasteiger partial charge < -0.3 is 24.1 Å². The summed E-state index contributed by atoms with van der Waals surface area (Å²) in [5.41, 5.74) is -0.637. The molecule has 0 aliphatic carbocycles. The molecule has 2 aromatic rings. The molecule has 1 heterocycles. The van der Waals surface area contributed by atoms with E-state index in [0.717, 1.165) is 23.8 Å². The monoisotopic (exact) mass is 495 g/mol. The van der Waals surface area contributed by atoms with E-state index in [0.29, 0.717) is 0 Å². The number of benzene rings is 2. The maximum Gasteiger partial charge on any atom is 0.573 e. The molecule has 6 nitrogen and oxygen atoms in total. The zero-order chi connectivity index (χ0) is 25.9. The van der Waals surface area contributed by atoms with Gasteiger partial charge in [-0.25, -0.2) is 9.18 Å². The second-order valence-electron chi connectivity index (χ2n) is 8.95. The van der Waals surface area contributed by atoms with Gasteiger partial charge in [0.15, 0.2) is 0 Å². The minimum absolute atomic E-state index is 0.0354. The molecule has 0 bridgehead atoms. The average Bonchev–Trinajstić information content (AvgIpc) is 2.98. The first-order chi connectivity index (χ1) is 16.3. The van der Waals surface area contributed by atoms with Crippen LogP contribution in [-0.2, 0) is 20.7 Å². The maximum absolute atomic E-state index is 14.5. The number of rotatable bonds is 7. The summed E-state index contributed by atoms with van der Waals surface area (Å²) >= 11 is 0. The smallest absolute Gasteiger partial charge is 0.445 e. The zero-order valence-electron chi connectivity index (χ0n) is 19.7. The molecule has 1 saturated heterocycles. The first kappa shape index (κ1) is 26.6. The molecule has 0 radical (unpaired) electrons. The third-order valence-corrected chi connectivity index (χ3v) is 5.75. The van der Waals surface area contributed by atoms with E-state index in [4.69, 9.17) is 14.0 Å². The molecule has 3 rings (SSSR count). The van der Waals surface area contributed by atoms with Crippen LogP contribution >= 0.6 is 0 Å². The van der Waals surface area contributed by atoms with Crippen molar-refractivity contribution in [3.63, 3.8) is 0 Å². The highest BCUT2D eigenvalue weighted by Crippen LogP contribution is 2.39. The standard InChI is InChI=1S/C24H26BF4NO5/c1-22(2)23(3,4)35-25(34-22)18(14-30-21(31)32-15-16-8-6-5-7-9-16)12-17-13-19(10-11-20(17)26)33-24(27,28)29/h5-13H,14-15H2,1-4H3,(H,30,31). The minimum Gasteiger partial charge on any atom is -0.445 e. The van der Waals surface area contributed by atoms with Gasteiger partial charge in [0.05, 0.1) is 11.2 Å². The Labute approximate surface area is 201 Å². The first-order valence-electron chi connectivity index (χ1n) is 10.8. The van der Waals surface area contributed by atoms with Crippen LogP contribution in [0.15, 0.2) is 54.0 Å². The van der Waals surface area contributed by atoms with Crippen molar-refractivity contribution in [3.05, 3.63) is 70.9 Å². The van der Waals surface area contributed by atoms with E-state index in [9.17, 15) is 22.4 Å². The number of alkyl halides is 3. The number of amides is 1. The second-order valence-corrected chi connectivity index (χ2v) is 8.95. The summed E-state index contributed by atoms with van der Waals surface area (Å²) in [4.78, 5) is 12.3. The van der Waals surface area contributed by atoms with Gasteiger partial charge in [0, 0.05) is 12.1 Å². The molecule has 0 unspecified atom stereocenters. The molecule has 1 N–H and O–H groups in total. The van der Waals surface area contributed by atoms with E-state index in [2.05, 4.69) is 10.1 Å². The Morgan fingerprint density at radius 3 is 2.29 bits per heavy atom. The van der Waals surface area contributed by atoms with E-state index < -0.39 is 42.3 Å². The van der Waals surface area contributed by atoms with Gasteiger partial charge in [-0.15, -0.1) is 13.2 Å². The SMILES string of the molecule is CC1(C)OB(C(=Cc2cc(OC(F)(F)F)ccc2F)CNC(=O)OCc2ccccc2)OC1(C)C. The van der Waals surface area contributed by atoms with Crippen LogP contribution in [0.1, 0.15) is 38.8 Å². The third kappa shape index (κ3) is 7.22. The molecular weight excluding hydrogens is 469 g/mol. The van der Waals surface area contributed by atoms with E-state index in [1.54, 1.807) is 24.3 Å². The molecule has 188 valence electrons. The van der Waals surface area contributed by atoms with Crippen molar-refractivity contribution in [3.8, 4) is 5.75 Å². The Morgan fingerprint density at radius 1 is 1.06 bits per heavy atom. The number of hydrogen-bond donors (Lipinski definition) is 1. The third-order valence-electron chi connectivity index (χ3n) is 5.75. The number of alkyl carbamates (subject to hydrolysis) is 1. The van der Waals surface area contributed by atoms with Gasteiger partial charge in [-0.05, 0) is 56.9 Å². The Morgan fingerprint density at radius 2 is 1.69 bits per heavy atom. The molecule has 1 fully saturated rings. The summed E-state index contributed by atoms with van der Waals surface area (Å²) in [5.74, 6) is -1.38. The van der Waals surface area contributed by atoms with E-state index in [-0.39, 0.29) is 24.2 Å². The molecule has 0 saturated carbocycles. The van der Waals surface area contributed by atoms with Crippen LogP contribution in [0.2, 0.25) is 0 Å². The molecule has 0 aromatic heterocycles. The molecule has 1 aliphatic heterocycles. The number of halogens is 4. The van der Waals surface area contributed by atoms with Crippen LogP contribution in [0.5, 0.6) is 5.75 Å². The molecule has 0 atom stereocenters. The second kappa shape index (κ2) is 10.3. The van der Waals surface area contributed by atoms with Gasteiger partial charge in [-0.2, -0.15) is 0 Å². The molecule has 35 heavy (non-hydrogen) atoms. The Kier molecular flexibility index (Phi) is 7.81. The lowest BCUT2D eigenvalue weighted by atomic mass is 9.77. The number of carbonyl (C=O) groups is 1. The van der Waals surface area contributed by atoms with Crippen molar-refractivity contribution >= 4 is 19.3 Å². The highest BCUT2D eigenvalue weighted by molar-refractivity contribution is 6.56. The van der Waals surface area contributed by atoms with Crippen molar-refractivity contribution in [2.24, 2.45) is 0 Å². The van der Waals surface area contributed by atoms with Crippen molar-refractivity contribution < 1.29 is 41.1 Å². The van der Waals surface area contributed by atoms with Gasteiger partial charge >= 0.3 is 19.6 Å². The number of nitrogens with one attached hydrogen (secondary N) is 1. The fourth-order valence-electron chi connectivity index (χ4n) is 3.17. The molecule has 1 amide bonds. The summed E-state index contributed by atoms with van der Waals surface area (Å²) in [6.45, 7) is 7.10. The predicted molar refractivity (Wildman–Crippen MR) is 122 cm³/mol. The fraction of sp³-hybridized carbons (Fsp3) is 0.375. The van der Waals surface area contributed by atoms with Crippen LogP contribution in [0, 0.1) is 5.82 Å². The fourth-order valence-corrected chi connectivity index (χ4v) is 3.17. The lowest BCUT2D eigenvalue weighted by Gasteiger charge is -2.32. The van der Waals surface area contributed by atoms with Crippen LogP contribution in [-0.4, -0.2) is 37.3 Å². The Bertz CT molecular complexity index is 1060. The maximum atomic E-state index is 14.5. The predicted octanol–water partition coefficient (Wildman–Crippen LogP) is 5.67. The highest BCUT2D eigenvalue weighted by Gasteiger charge is 2.52. The van der Waals surface area contributed by atoms with Crippen molar-refractivity contribution in [2.75, 3.05) is 6.54 Å². The average molecular weight is 495 g/mol. The lowest BCUT2D eigenvalue weighted by molar-refractivity contribution is -0.274. The van der Waals surface area contributed by atoms with Crippen LogP contribution in [0.25, 0.3) is 6.08 Å². The summed E-state index contributed by atoms with van der Waals surface area (Å²) < 4.78 is 73.4. The molecule has 0 spiro atoms. The normalized spacial score (nSPS) is 17.3. The number of hydrogen-bond acceptors (Lipinski definition) is 5. The zero-order valence-corrected chi connectivity index (χ0v) is 19.7. The topological polar surface area (TPSA) is 66.0 Å². The molecule has 2 aromatic carbocycles. The summed E-state index contributed by atoms with van der Waals surface area (Å²) in [6.07, 6.45) is -4.42. The Hall–Kier alpha value is -3.05. The summed E-state index contributed by atoms with van der Waals surface area (Å²) in [5, 5.41) is 2.55. The van der Waals surface area contributed by atoms with Crippen molar-refractivity contribution in [1.29, 1.82) is 0 Å². The van der Waals surface area contributed by atoms with E-state index in [1.165, 1.54) is 6.08 Å². The van der Waals surface area contributed by atoms with Gasteiger partial charge in [0.1, 0.15) is 18.2 Å². The molecule has 11 heteroatoms.